The van der Waals surface area contributed by atoms with Crippen molar-refractivity contribution in [3.8, 4) is 11.1 Å². The second-order valence-corrected chi connectivity index (χ2v) is 9.40. The van der Waals surface area contributed by atoms with E-state index in [4.69, 9.17) is 16.3 Å². The van der Waals surface area contributed by atoms with Crippen LogP contribution in [0.25, 0.3) is 11.1 Å². The number of anilines is 1. The topological polar surface area (TPSA) is 61.9 Å². The second-order valence-electron chi connectivity index (χ2n) is 8.08. The van der Waals surface area contributed by atoms with E-state index in [9.17, 15) is 14.0 Å². The number of piperazine rings is 1. The standard InChI is InChI=1S/C25H25ClFN3O3S/c1-33-25(32)23-21(18-5-7-20(27)8-6-18)16-34-24(23)28-22(31)15-30-11-9-29(10-12-30)14-17-3-2-4-19(26)13-17/h2-8,13,16H,9-12,14-15H2,1H3,(H,28,31). The van der Waals surface area contributed by atoms with Crippen LogP contribution < -0.4 is 5.32 Å². The third-order valence-corrected chi connectivity index (χ3v) is 6.85. The van der Waals surface area contributed by atoms with Crippen molar-refractivity contribution in [1.29, 1.82) is 0 Å². The molecule has 178 valence electrons. The van der Waals surface area contributed by atoms with Gasteiger partial charge in [0.2, 0.25) is 5.91 Å². The van der Waals surface area contributed by atoms with Gasteiger partial charge < -0.3 is 10.1 Å². The summed E-state index contributed by atoms with van der Waals surface area (Å²) in [7, 11) is 1.29. The maximum Gasteiger partial charge on any atom is 0.341 e. The van der Waals surface area contributed by atoms with Gasteiger partial charge in [-0.25, -0.2) is 9.18 Å². The molecule has 9 heteroatoms. The third-order valence-electron chi connectivity index (χ3n) is 5.72. The predicted octanol–water partition coefficient (Wildman–Crippen LogP) is 4.75. The lowest BCUT2D eigenvalue weighted by Crippen LogP contribution is -2.48. The van der Waals surface area contributed by atoms with Crippen LogP contribution in [0.15, 0.2) is 53.9 Å². The van der Waals surface area contributed by atoms with E-state index in [2.05, 4.69) is 21.2 Å². The predicted molar refractivity (Wildman–Crippen MR) is 133 cm³/mol. The average Bonchev–Trinajstić information content (AvgIpc) is 3.23. The Kier molecular flexibility index (Phi) is 7.95. The van der Waals surface area contributed by atoms with Crippen LogP contribution >= 0.6 is 22.9 Å². The zero-order chi connectivity index (χ0) is 24.1. The first kappa shape index (κ1) is 24.3. The molecule has 1 N–H and O–H groups in total. The van der Waals surface area contributed by atoms with Crippen LogP contribution in [0.3, 0.4) is 0 Å². The van der Waals surface area contributed by atoms with Crippen molar-refractivity contribution in [3.05, 3.63) is 75.9 Å². The first-order valence-corrected chi connectivity index (χ1v) is 12.1. The summed E-state index contributed by atoms with van der Waals surface area (Å²) in [6.07, 6.45) is 0. The first-order valence-electron chi connectivity index (χ1n) is 10.9. The number of hydrogen-bond acceptors (Lipinski definition) is 6. The summed E-state index contributed by atoms with van der Waals surface area (Å²) in [5.41, 5.74) is 2.72. The molecule has 2 heterocycles. The summed E-state index contributed by atoms with van der Waals surface area (Å²) in [5.74, 6) is -1.11. The number of halogens is 2. The van der Waals surface area contributed by atoms with Crippen LogP contribution in [0.2, 0.25) is 5.02 Å². The molecular weight excluding hydrogens is 477 g/mol. The molecule has 1 amide bonds. The molecule has 0 atom stereocenters. The van der Waals surface area contributed by atoms with Crippen LogP contribution in [-0.4, -0.2) is 61.5 Å². The number of carbonyl (C=O) groups is 2. The molecule has 2 aromatic carbocycles. The molecule has 0 radical (unpaired) electrons. The van der Waals surface area contributed by atoms with Crippen LogP contribution in [0.1, 0.15) is 15.9 Å². The van der Waals surface area contributed by atoms with Crippen molar-refractivity contribution in [2.45, 2.75) is 6.54 Å². The number of benzene rings is 2. The molecule has 1 aliphatic heterocycles. The molecule has 3 aromatic rings. The van der Waals surface area contributed by atoms with Gasteiger partial charge in [0, 0.05) is 48.7 Å². The van der Waals surface area contributed by atoms with Gasteiger partial charge in [-0.2, -0.15) is 0 Å². The van der Waals surface area contributed by atoms with Gasteiger partial charge in [0.1, 0.15) is 16.4 Å². The highest BCUT2D eigenvalue weighted by atomic mass is 35.5. The minimum absolute atomic E-state index is 0.194. The summed E-state index contributed by atoms with van der Waals surface area (Å²) in [6, 6.07) is 13.7. The lowest BCUT2D eigenvalue weighted by molar-refractivity contribution is -0.117. The lowest BCUT2D eigenvalue weighted by Gasteiger charge is -2.34. The Hall–Kier alpha value is -2.78. The number of nitrogens with one attached hydrogen (secondary N) is 1. The zero-order valence-electron chi connectivity index (χ0n) is 18.7. The number of ether oxygens (including phenoxy) is 1. The molecule has 0 aliphatic carbocycles. The van der Waals surface area contributed by atoms with Gasteiger partial charge >= 0.3 is 5.97 Å². The first-order chi connectivity index (χ1) is 16.4. The lowest BCUT2D eigenvalue weighted by atomic mass is 10.0. The van der Waals surface area contributed by atoms with Crippen LogP contribution in [0.4, 0.5) is 9.39 Å². The van der Waals surface area contributed by atoms with E-state index in [1.165, 1.54) is 36.1 Å². The summed E-state index contributed by atoms with van der Waals surface area (Å²) in [6.45, 7) is 4.29. The summed E-state index contributed by atoms with van der Waals surface area (Å²) < 4.78 is 18.3. The smallest absolute Gasteiger partial charge is 0.341 e. The molecule has 1 fully saturated rings. The maximum absolute atomic E-state index is 13.3. The fraction of sp³-hybridized carbons (Fsp3) is 0.280. The summed E-state index contributed by atoms with van der Waals surface area (Å²) in [5, 5.41) is 5.79. The molecule has 34 heavy (non-hydrogen) atoms. The van der Waals surface area contributed by atoms with E-state index in [0.717, 1.165) is 37.7 Å². The van der Waals surface area contributed by atoms with Gasteiger partial charge in [-0.3, -0.25) is 14.6 Å². The second kappa shape index (κ2) is 11.1. The number of thiophene rings is 1. The van der Waals surface area contributed by atoms with Crippen molar-refractivity contribution >= 4 is 39.8 Å². The SMILES string of the molecule is COC(=O)c1c(-c2ccc(F)cc2)csc1NC(=O)CN1CCN(Cc2cccc(Cl)c2)CC1. The average molecular weight is 502 g/mol. The molecular formula is C25H25ClFN3O3S. The van der Waals surface area contributed by atoms with E-state index < -0.39 is 5.97 Å². The van der Waals surface area contributed by atoms with E-state index in [1.54, 1.807) is 17.5 Å². The number of esters is 1. The van der Waals surface area contributed by atoms with E-state index in [0.29, 0.717) is 16.1 Å². The number of rotatable bonds is 7. The normalized spacial score (nSPS) is 14.7. The number of carbonyl (C=O) groups excluding carboxylic acids is 2. The Balaban J connectivity index is 1.36. The Morgan fingerprint density at radius 2 is 1.79 bits per heavy atom. The molecule has 6 nitrogen and oxygen atoms in total. The Bertz CT molecular complexity index is 1160. The Morgan fingerprint density at radius 1 is 1.09 bits per heavy atom. The zero-order valence-corrected chi connectivity index (χ0v) is 20.3. The Labute approximate surface area is 206 Å². The van der Waals surface area contributed by atoms with E-state index in [-0.39, 0.29) is 23.8 Å². The molecule has 4 rings (SSSR count). The molecule has 1 aliphatic rings. The van der Waals surface area contributed by atoms with Crippen LogP contribution in [0, 0.1) is 5.82 Å². The minimum atomic E-state index is -0.550. The molecule has 0 spiro atoms. The number of amides is 1. The number of nitrogens with zero attached hydrogens (tertiary/aromatic N) is 2. The third kappa shape index (κ3) is 6.01. The van der Waals surface area contributed by atoms with Gasteiger partial charge in [0.05, 0.1) is 13.7 Å². The maximum atomic E-state index is 13.3. The molecule has 1 aromatic heterocycles. The number of methoxy groups -OCH3 is 1. The largest absolute Gasteiger partial charge is 0.465 e. The van der Waals surface area contributed by atoms with Crippen molar-refractivity contribution in [2.24, 2.45) is 0 Å². The molecule has 0 saturated carbocycles. The van der Waals surface area contributed by atoms with Crippen LogP contribution in [-0.2, 0) is 16.1 Å². The fourth-order valence-corrected chi connectivity index (χ4v) is 5.15. The van der Waals surface area contributed by atoms with E-state index in [1.807, 2.05) is 18.2 Å². The summed E-state index contributed by atoms with van der Waals surface area (Å²) >= 11 is 7.33. The Morgan fingerprint density at radius 3 is 2.47 bits per heavy atom. The minimum Gasteiger partial charge on any atom is -0.465 e. The van der Waals surface area contributed by atoms with Crippen molar-refractivity contribution in [1.82, 2.24) is 9.80 Å². The highest BCUT2D eigenvalue weighted by molar-refractivity contribution is 7.15. The van der Waals surface area contributed by atoms with Crippen molar-refractivity contribution < 1.29 is 18.7 Å². The highest BCUT2D eigenvalue weighted by Crippen LogP contribution is 2.36. The fourth-order valence-electron chi connectivity index (χ4n) is 3.96. The van der Waals surface area contributed by atoms with E-state index >= 15 is 0 Å². The molecule has 0 bridgehead atoms. The quantitative estimate of drug-likeness (QED) is 0.473. The van der Waals surface area contributed by atoms with Gasteiger partial charge in [0.15, 0.2) is 0 Å². The highest BCUT2D eigenvalue weighted by Gasteiger charge is 2.24. The van der Waals surface area contributed by atoms with Crippen molar-refractivity contribution in [3.63, 3.8) is 0 Å². The van der Waals surface area contributed by atoms with Gasteiger partial charge in [-0.15, -0.1) is 11.3 Å². The summed E-state index contributed by atoms with van der Waals surface area (Å²) in [4.78, 5) is 29.7. The van der Waals surface area contributed by atoms with Gasteiger partial charge in [0.25, 0.3) is 0 Å². The van der Waals surface area contributed by atoms with Crippen LogP contribution in [0.5, 0.6) is 0 Å². The van der Waals surface area contributed by atoms with Gasteiger partial charge in [-0.05, 0) is 35.4 Å². The van der Waals surface area contributed by atoms with Gasteiger partial charge in [-0.1, -0.05) is 35.9 Å². The van der Waals surface area contributed by atoms with Crippen molar-refractivity contribution in [2.75, 3.05) is 45.2 Å². The monoisotopic (exact) mass is 501 g/mol. The molecule has 1 saturated heterocycles. The number of hydrogen-bond donors (Lipinski definition) is 1. The molecule has 0 unspecified atom stereocenters.